The lowest BCUT2D eigenvalue weighted by atomic mass is 10.2. The fourth-order valence-electron chi connectivity index (χ4n) is 2.04. The molecule has 0 heterocycles. The van der Waals surface area contributed by atoms with Crippen LogP contribution in [-0.4, -0.2) is 32.4 Å². The van der Waals surface area contributed by atoms with Crippen LogP contribution in [0.15, 0.2) is 29.7 Å². The van der Waals surface area contributed by atoms with Crippen LogP contribution < -0.4 is 10.5 Å². The van der Waals surface area contributed by atoms with Crippen LogP contribution >= 0.6 is 11.6 Å². The van der Waals surface area contributed by atoms with Crippen LogP contribution in [0.25, 0.3) is 0 Å². The summed E-state index contributed by atoms with van der Waals surface area (Å²) in [5.41, 5.74) is 6.19. The highest BCUT2D eigenvalue weighted by atomic mass is 35.5. The van der Waals surface area contributed by atoms with E-state index in [1.165, 1.54) is 17.5 Å². The SMILES string of the molecule is C=CCN(C(C)C)S(=O)(=O)c1cc(Cl)cc(CN)c1OC. The van der Waals surface area contributed by atoms with Crippen LogP contribution in [0.4, 0.5) is 0 Å². The number of benzene rings is 1. The quantitative estimate of drug-likeness (QED) is 0.778. The van der Waals surface area contributed by atoms with Gasteiger partial charge in [-0.15, -0.1) is 6.58 Å². The Labute approximate surface area is 131 Å². The summed E-state index contributed by atoms with van der Waals surface area (Å²) in [6.45, 7) is 7.52. The van der Waals surface area contributed by atoms with Gasteiger partial charge in [-0.05, 0) is 26.0 Å². The summed E-state index contributed by atoms with van der Waals surface area (Å²) >= 11 is 6.01. The molecule has 0 aliphatic rings. The third-order valence-electron chi connectivity index (χ3n) is 2.99. The Hall–Kier alpha value is -1.08. The Morgan fingerprint density at radius 3 is 2.52 bits per heavy atom. The number of nitrogens with zero attached hydrogens (tertiary/aromatic N) is 1. The molecule has 0 atom stereocenters. The largest absolute Gasteiger partial charge is 0.495 e. The van der Waals surface area contributed by atoms with E-state index in [9.17, 15) is 8.42 Å². The highest BCUT2D eigenvalue weighted by Gasteiger charge is 2.30. The second kappa shape index (κ2) is 7.26. The molecule has 118 valence electrons. The first kappa shape index (κ1) is 18.0. The molecule has 1 rings (SSSR count). The summed E-state index contributed by atoms with van der Waals surface area (Å²) < 4.78 is 32.3. The van der Waals surface area contributed by atoms with Crippen LogP contribution in [0.1, 0.15) is 19.4 Å². The molecule has 0 aromatic heterocycles. The fourth-order valence-corrected chi connectivity index (χ4v) is 4.18. The van der Waals surface area contributed by atoms with Crippen LogP contribution in [0.3, 0.4) is 0 Å². The van der Waals surface area contributed by atoms with Gasteiger partial charge < -0.3 is 10.5 Å². The Morgan fingerprint density at radius 1 is 1.48 bits per heavy atom. The van der Waals surface area contributed by atoms with E-state index >= 15 is 0 Å². The second-order valence-corrected chi connectivity index (χ2v) is 7.05. The van der Waals surface area contributed by atoms with E-state index in [-0.39, 0.29) is 29.8 Å². The molecule has 7 heteroatoms. The van der Waals surface area contributed by atoms with E-state index in [1.54, 1.807) is 26.0 Å². The molecular formula is C14H21ClN2O3S. The minimum atomic E-state index is -3.76. The Morgan fingerprint density at radius 2 is 2.10 bits per heavy atom. The maximum atomic E-state index is 12.9. The summed E-state index contributed by atoms with van der Waals surface area (Å²) in [6.07, 6.45) is 1.54. The molecule has 0 unspecified atom stereocenters. The van der Waals surface area contributed by atoms with Gasteiger partial charge in [-0.1, -0.05) is 17.7 Å². The van der Waals surface area contributed by atoms with Crippen molar-refractivity contribution in [3.8, 4) is 5.75 Å². The van der Waals surface area contributed by atoms with Crippen LogP contribution in [0, 0.1) is 0 Å². The van der Waals surface area contributed by atoms with Crippen molar-refractivity contribution >= 4 is 21.6 Å². The third-order valence-corrected chi connectivity index (χ3v) is 5.26. The maximum absolute atomic E-state index is 12.9. The molecule has 0 bridgehead atoms. The lowest BCUT2D eigenvalue weighted by Gasteiger charge is -2.26. The van der Waals surface area contributed by atoms with Crippen LogP contribution in [0.5, 0.6) is 5.75 Å². The molecule has 5 nitrogen and oxygen atoms in total. The second-order valence-electron chi connectivity index (χ2n) is 4.76. The van der Waals surface area contributed by atoms with E-state index in [2.05, 4.69) is 6.58 Å². The smallest absolute Gasteiger partial charge is 0.247 e. The Bertz CT molecular complexity index is 615. The third kappa shape index (κ3) is 3.77. The van der Waals surface area contributed by atoms with Gasteiger partial charge in [0.25, 0.3) is 0 Å². The molecular weight excluding hydrogens is 312 g/mol. The number of rotatable bonds is 7. The Balaban J connectivity index is 3.56. The molecule has 0 radical (unpaired) electrons. The zero-order chi connectivity index (χ0) is 16.2. The fraction of sp³-hybridized carbons (Fsp3) is 0.429. The molecule has 0 saturated heterocycles. The summed E-state index contributed by atoms with van der Waals surface area (Å²) in [5.74, 6) is 0.233. The van der Waals surface area contributed by atoms with Gasteiger partial charge in [-0.25, -0.2) is 8.42 Å². The van der Waals surface area contributed by atoms with Gasteiger partial charge in [0, 0.05) is 29.7 Å². The monoisotopic (exact) mass is 332 g/mol. The number of hydrogen-bond acceptors (Lipinski definition) is 4. The number of hydrogen-bond donors (Lipinski definition) is 1. The number of ether oxygens (including phenoxy) is 1. The van der Waals surface area contributed by atoms with Crippen molar-refractivity contribution in [2.45, 2.75) is 31.3 Å². The normalized spacial score (nSPS) is 12.0. The first-order valence-corrected chi connectivity index (χ1v) is 8.30. The zero-order valence-corrected chi connectivity index (χ0v) is 14.0. The highest BCUT2D eigenvalue weighted by Crippen LogP contribution is 2.34. The zero-order valence-electron chi connectivity index (χ0n) is 12.5. The number of sulfonamides is 1. The molecule has 0 spiro atoms. The molecule has 1 aromatic carbocycles. The van der Waals surface area contributed by atoms with Gasteiger partial charge >= 0.3 is 0 Å². The lowest BCUT2D eigenvalue weighted by Crippen LogP contribution is -2.37. The Kier molecular flexibility index (Phi) is 6.22. The average Bonchev–Trinajstić information content (AvgIpc) is 2.42. The molecule has 0 saturated carbocycles. The molecule has 1 aromatic rings. The van der Waals surface area contributed by atoms with Crippen molar-refractivity contribution in [3.63, 3.8) is 0 Å². The predicted molar refractivity (Wildman–Crippen MR) is 85.1 cm³/mol. The van der Waals surface area contributed by atoms with Crippen molar-refractivity contribution < 1.29 is 13.2 Å². The summed E-state index contributed by atoms with van der Waals surface area (Å²) in [5, 5.41) is 0.303. The minimum absolute atomic E-state index is 0.0218. The van der Waals surface area contributed by atoms with Crippen molar-refractivity contribution in [1.82, 2.24) is 4.31 Å². The summed E-state index contributed by atoms with van der Waals surface area (Å²) in [4.78, 5) is 0.0218. The van der Waals surface area contributed by atoms with Gasteiger partial charge in [-0.3, -0.25) is 0 Å². The first-order chi connectivity index (χ1) is 9.79. The van der Waals surface area contributed by atoms with Gasteiger partial charge in [0.05, 0.1) is 7.11 Å². The average molecular weight is 333 g/mol. The van der Waals surface area contributed by atoms with E-state index in [0.29, 0.717) is 10.6 Å². The van der Waals surface area contributed by atoms with E-state index in [4.69, 9.17) is 22.1 Å². The van der Waals surface area contributed by atoms with E-state index < -0.39 is 10.0 Å². The van der Waals surface area contributed by atoms with E-state index in [1.807, 2.05) is 0 Å². The maximum Gasteiger partial charge on any atom is 0.247 e. The van der Waals surface area contributed by atoms with Gasteiger partial charge in [-0.2, -0.15) is 4.31 Å². The first-order valence-electron chi connectivity index (χ1n) is 6.48. The van der Waals surface area contributed by atoms with Crippen LogP contribution in [-0.2, 0) is 16.6 Å². The van der Waals surface area contributed by atoms with Crippen molar-refractivity contribution in [2.75, 3.05) is 13.7 Å². The topological polar surface area (TPSA) is 72.6 Å². The number of methoxy groups -OCH3 is 1. The molecule has 0 amide bonds. The molecule has 0 fully saturated rings. The van der Waals surface area contributed by atoms with Crippen molar-refractivity contribution in [1.29, 1.82) is 0 Å². The van der Waals surface area contributed by atoms with Crippen molar-refractivity contribution in [3.05, 3.63) is 35.4 Å². The molecule has 21 heavy (non-hydrogen) atoms. The minimum Gasteiger partial charge on any atom is -0.495 e. The number of halogens is 1. The van der Waals surface area contributed by atoms with Gasteiger partial charge in [0.2, 0.25) is 10.0 Å². The summed E-state index contributed by atoms with van der Waals surface area (Å²) in [6, 6.07) is 2.76. The van der Waals surface area contributed by atoms with Crippen LogP contribution in [0.2, 0.25) is 5.02 Å². The lowest BCUT2D eigenvalue weighted by molar-refractivity contribution is 0.370. The summed E-state index contributed by atoms with van der Waals surface area (Å²) in [7, 11) is -2.35. The van der Waals surface area contributed by atoms with E-state index in [0.717, 1.165) is 0 Å². The van der Waals surface area contributed by atoms with Crippen molar-refractivity contribution in [2.24, 2.45) is 5.73 Å². The molecule has 0 aliphatic carbocycles. The standard InChI is InChI=1S/C14H21ClN2O3S/c1-5-6-17(10(2)3)21(18,19)13-8-12(15)7-11(9-16)14(13)20-4/h5,7-8,10H,1,6,9,16H2,2-4H3. The highest BCUT2D eigenvalue weighted by molar-refractivity contribution is 7.89. The molecule has 2 N–H and O–H groups in total. The predicted octanol–water partition coefficient (Wildman–Crippen LogP) is 2.39. The van der Waals surface area contributed by atoms with Gasteiger partial charge in [0.1, 0.15) is 10.6 Å². The molecule has 0 aliphatic heterocycles. The number of nitrogens with two attached hydrogens (primary N) is 1. The van der Waals surface area contributed by atoms with Gasteiger partial charge in [0.15, 0.2) is 0 Å².